The van der Waals surface area contributed by atoms with Gasteiger partial charge in [0, 0.05) is 29.6 Å². The maximum absolute atomic E-state index is 12.1. The predicted octanol–water partition coefficient (Wildman–Crippen LogP) is 1.58. The Morgan fingerprint density at radius 1 is 1.25 bits per heavy atom. The van der Waals surface area contributed by atoms with E-state index in [0.717, 1.165) is 5.56 Å². The van der Waals surface area contributed by atoms with Gasteiger partial charge in [-0.25, -0.2) is 8.42 Å². The van der Waals surface area contributed by atoms with Gasteiger partial charge in [0.1, 0.15) is 12.4 Å². The largest absolute Gasteiger partial charge is 0.489 e. The van der Waals surface area contributed by atoms with Crippen LogP contribution in [0.2, 0.25) is 0 Å². The Bertz CT molecular complexity index is 804. The number of hydrogen-bond donors (Lipinski definition) is 1. The molecule has 2 heterocycles. The smallest absolute Gasteiger partial charge is 0.251 e. The standard InChI is InChI=1S/C17H18N2O4S/c20-17(19-15-7-9-24(21,22)12-15)14-3-5-16(6-4-14)23-11-13-2-1-8-18-10-13/h1-6,8,10,15H,7,9,11-12H2,(H,19,20)/t15-/m1/s1. The molecule has 1 aromatic heterocycles. The molecule has 0 bridgehead atoms. The summed E-state index contributed by atoms with van der Waals surface area (Å²) in [5.41, 5.74) is 1.44. The fraction of sp³-hybridized carbons (Fsp3) is 0.294. The second-order valence-corrected chi connectivity index (χ2v) is 7.98. The number of carbonyl (C=O) groups excluding carboxylic acids is 1. The van der Waals surface area contributed by atoms with Gasteiger partial charge in [-0.2, -0.15) is 0 Å². The molecule has 0 saturated carbocycles. The average Bonchev–Trinajstić information content (AvgIpc) is 2.93. The molecule has 1 amide bonds. The molecule has 3 rings (SSSR count). The third-order valence-corrected chi connectivity index (χ3v) is 5.58. The van der Waals surface area contributed by atoms with Crippen LogP contribution in [0.5, 0.6) is 5.75 Å². The topological polar surface area (TPSA) is 85.4 Å². The maximum Gasteiger partial charge on any atom is 0.251 e. The van der Waals surface area contributed by atoms with Crippen molar-refractivity contribution in [2.75, 3.05) is 11.5 Å². The van der Waals surface area contributed by atoms with E-state index in [4.69, 9.17) is 4.74 Å². The van der Waals surface area contributed by atoms with Gasteiger partial charge in [0.25, 0.3) is 5.91 Å². The van der Waals surface area contributed by atoms with Gasteiger partial charge >= 0.3 is 0 Å². The van der Waals surface area contributed by atoms with Crippen molar-refractivity contribution in [3.8, 4) is 5.75 Å². The fourth-order valence-electron chi connectivity index (χ4n) is 2.53. The number of hydrogen-bond acceptors (Lipinski definition) is 5. The quantitative estimate of drug-likeness (QED) is 0.888. The molecule has 2 aromatic rings. The Morgan fingerprint density at radius 2 is 2.04 bits per heavy atom. The van der Waals surface area contributed by atoms with Crippen LogP contribution in [0.3, 0.4) is 0 Å². The first-order valence-corrected chi connectivity index (χ1v) is 9.47. The van der Waals surface area contributed by atoms with Crippen molar-refractivity contribution in [3.63, 3.8) is 0 Å². The Morgan fingerprint density at radius 3 is 2.67 bits per heavy atom. The van der Waals surface area contributed by atoms with Gasteiger partial charge in [0.15, 0.2) is 9.84 Å². The number of rotatable bonds is 5. The molecular weight excluding hydrogens is 328 g/mol. The second kappa shape index (κ2) is 7.00. The summed E-state index contributed by atoms with van der Waals surface area (Å²) in [5, 5.41) is 2.76. The minimum Gasteiger partial charge on any atom is -0.489 e. The SMILES string of the molecule is O=C(N[C@@H]1CCS(=O)(=O)C1)c1ccc(OCc2cccnc2)cc1. The molecule has 1 aliphatic heterocycles. The van der Waals surface area contributed by atoms with Crippen LogP contribution in [0.25, 0.3) is 0 Å². The van der Waals surface area contributed by atoms with Gasteiger partial charge in [-0.1, -0.05) is 6.07 Å². The molecule has 1 aliphatic rings. The van der Waals surface area contributed by atoms with E-state index in [9.17, 15) is 13.2 Å². The van der Waals surface area contributed by atoms with Gasteiger partial charge in [0.2, 0.25) is 0 Å². The third-order valence-electron chi connectivity index (χ3n) is 3.81. The highest BCUT2D eigenvalue weighted by atomic mass is 32.2. The lowest BCUT2D eigenvalue weighted by atomic mass is 10.2. The van der Waals surface area contributed by atoms with Crippen LogP contribution < -0.4 is 10.1 Å². The molecule has 1 saturated heterocycles. The molecule has 0 spiro atoms. The molecule has 24 heavy (non-hydrogen) atoms. The molecule has 126 valence electrons. The Labute approximate surface area is 140 Å². The first-order valence-electron chi connectivity index (χ1n) is 7.65. The molecule has 7 heteroatoms. The minimum atomic E-state index is -3.00. The molecule has 1 atom stereocenters. The number of carbonyl (C=O) groups is 1. The third kappa shape index (κ3) is 4.32. The van der Waals surface area contributed by atoms with Gasteiger partial charge in [-0.15, -0.1) is 0 Å². The van der Waals surface area contributed by atoms with Crippen molar-refractivity contribution in [2.45, 2.75) is 19.1 Å². The number of pyridine rings is 1. The van der Waals surface area contributed by atoms with E-state index in [1.165, 1.54) is 0 Å². The molecule has 0 radical (unpaired) electrons. The minimum absolute atomic E-state index is 0.0189. The van der Waals surface area contributed by atoms with Crippen LogP contribution in [0, 0.1) is 0 Å². The van der Waals surface area contributed by atoms with Gasteiger partial charge < -0.3 is 10.1 Å². The first kappa shape index (κ1) is 16.4. The number of nitrogens with zero attached hydrogens (tertiary/aromatic N) is 1. The van der Waals surface area contributed by atoms with Crippen molar-refractivity contribution < 1.29 is 17.9 Å². The number of benzene rings is 1. The van der Waals surface area contributed by atoms with Crippen molar-refractivity contribution in [3.05, 3.63) is 59.9 Å². The van der Waals surface area contributed by atoms with E-state index < -0.39 is 9.84 Å². The number of aromatic nitrogens is 1. The van der Waals surface area contributed by atoms with E-state index in [0.29, 0.717) is 24.3 Å². The van der Waals surface area contributed by atoms with Gasteiger partial charge in [-0.05, 0) is 36.8 Å². The summed E-state index contributed by atoms with van der Waals surface area (Å²) in [4.78, 5) is 16.2. The highest BCUT2D eigenvalue weighted by Gasteiger charge is 2.29. The lowest BCUT2D eigenvalue weighted by molar-refractivity contribution is 0.0941. The van der Waals surface area contributed by atoms with Crippen molar-refractivity contribution in [2.24, 2.45) is 0 Å². The van der Waals surface area contributed by atoms with Crippen LogP contribution in [0.1, 0.15) is 22.3 Å². The molecule has 1 N–H and O–H groups in total. The summed E-state index contributed by atoms with van der Waals surface area (Å²) in [7, 11) is -3.00. The fourth-order valence-corrected chi connectivity index (χ4v) is 4.20. The van der Waals surface area contributed by atoms with Crippen LogP contribution in [0.4, 0.5) is 0 Å². The molecular formula is C17H18N2O4S. The zero-order chi connectivity index (χ0) is 17.0. The van der Waals surface area contributed by atoms with Crippen LogP contribution >= 0.6 is 0 Å². The van der Waals surface area contributed by atoms with Crippen LogP contribution in [-0.2, 0) is 16.4 Å². The highest BCUT2D eigenvalue weighted by Crippen LogP contribution is 2.16. The Hall–Kier alpha value is -2.41. The van der Waals surface area contributed by atoms with Crippen molar-refractivity contribution in [1.29, 1.82) is 0 Å². The van der Waals surface area contributed by atoms with Crippen LogP contribution in [0.15, 0.2) is 48.8 Å². The lowest BCUT2D eigenvalue weighted by Crippen LogP contribution is -2.35. The molecule has 6 nitrogen and oxygen atoms in total. The van der Waals surface area contributed by atoms with E-state index in [2.05, 4.69) is 10.3 Å². The number of amides is 1. The van der Waals surface area contributed by atoms with E-state index in [1.807, 2.05) is 12.1 Å². The molecule has 0 aliphatic carbocycles. The van der Waals surface area contributed by atoms with E-state index in [-0.39, 0.29) is 23.5 Å². The van der Waals surface area contributed by atoms with Crippen molar-refractivity contribution >= 4 is 15.7 Å². The zero-order valence-corrected chi connectivity index (χ0v) is 13.8. The lowest BCUT2D eigenvalue weighted by Gasteiger charge is -2.11. The summed E-state index contributed by atoms with van der Waals surface area (Å²) < 4.78 is 28.5. The average molecular weight is 346 g/mol. The number of sulfone groups is 1. The summed E-state index contributed by atoms with van der Waals surface area (Å²) in [6.45, 7) is 0.402. The molecule has 1 fully saturated rings. The summed E-state index contributed by atoms with van der Waals surface area (Å²) in [6.07, 6.45) is 3.91. The van der Waals surface area contributed by atoms with Crippen LogP contribution in [-0.4, -0.2) is 36.9 Å². The van der Waals surface area contributed by atoms with E-state index in [1.54, 1.807) is 36.7 Å². The van der Waals surface area contributed by atoms with E-state index >= 15 is 0 Å². The number of ether oxygens (including phenoxy) is 1. The van der Waals surface area contributed by atoms with Gasteiger partial charge in [0.05, 0.1) is 11.5 Å². The Kier molecular flexibility index (Phi) is 4.80. The zero-order valence-electron chi connectivity index (χ0n) is 13.0. The summed E-state index contributed by atoms with van der Waals surface area (Å²) in [6, 6.07) is 10.2. The first-order chi connectivity index (χ1) is 11.5. The summed E-state index contributed by atoms with van der Waals surface area (Å²) >= 11 is 0. The summed E-state index contributed by atoms with van der Waals surface area (Å²) in [5.74, 6) is 0.541. The monoisotopic (exact) mass is 346 g/mol. The predicted molar refractivity (Wildman–Crippen MR) is 89.5 cm³/mol. The Balaban J connectivity index is 1.55. The van der Waals surface area contributed by atoms with Gasteiger partial charge in [-0.3, -0.25) is 9.78 Å². The van der Waals surface area contributed by atoms with Crippen molar-refractivity contribution in [1.82, 2.24) is 10.3 Å². The normalized spacial score (nSPS) is 18.9. The molecule has 1 aromatic carbocycles. The highest BCUT2D eigenvalue weighted by molar-refractivity contribution is 7.91. The second-order valence-electron chi connectivity index (χ2n) is 5.75. The number of nitrogens with one attached hydrogen (secondary N) is 1. The maximum atomic E-state index is 12.1. The molecule has 0 unspecified atom stereocenters.